The third-order valence-corrected chi connectivity index (χ3v) is 4.18. The predicted octanol–water partition coefficient (Wildman–Crippen LogP) is 2.14. The Balaban J connectivity index is 2.40. The lowest BCUT2D eigenvalue weighted by molar-refractivity contribution is 0.0232. The van der Waals surface area contributed by atoms with Gasteiger partial charge in [-0.2, -0.15) is 0 Å². The topological polar surface area (TPSA) is 32.7 Å². The maximum atomic E-state index is 10.1. The minimum atomic E-state index is -0.0885. The number of hydrogen-bond donors (Lipinski definition) is 1. The van der Waals surface area contributed by atoms with Crippen molar-refractivity contribution in [1.29, 1.82) is 0 Å². The van der Waals surface area contributed by atoms with Crippen LogP contribution in [0.1, 0.15) is 39.5 Å². The predicted molar refractivity (Wildman–Crippen MR) is 71.1 cm³/mol. The number of aliphatic hydroxyl groups excluding tert-OH is 1. The lowest BCUT2D eigenvalue weighted by atomic mass is 9.78. The Bertz CT molecular complexity index is 199. The highest BCUT2D eigenvalue weighted by molar-refractivity contribution is 4.81. The second-order valence-corrected chi connectivity index (χ2v) is 5.30. The van der Waals surface area contributed by atoms with Crippen LogP contribution in [0.15, 0.2) is 0 Å². The first-order chi connectivity index (χ1) is 8.21. The Kier molecular flexibility index (Phi) is 7.09. The summed E-state index contributed by atoms with van der Waals surface area (Å²) in [4.78, 5) is 2.40. The minimum absolute atomic E-state index is 0.0885. The molecule has 0 bridgehead atoms. The Labute approximate surface area is 106 Å². The molecule has 0 aliphatic heterocycles. The van der Waals surface area contributed by atoms with Crippen LogP contribution in [-0.2, 0) is 4.74 Å². The Morgan fingerprint density at radius 2 is 2.06 bits per heavy atom. The van der Waals surface area contributed by atoms with Crippen molar-refractivity contribution in [3.05, 3.63) is 0 Å². The van der Waals surface area contributed by atoms with Crippen LogP contribution < -0.4 is 0 Å². The number of methoxy groups -OCH3 is 1. The second kappa shape index (κ2) is 8.06. The molecule has 3 nitrogen and oxygen atoms in total. The number of likely N-dealkylation sites (N-methyl/N-ethyl adjacent to an activating group) is 1. The molecule has 1 fully saturated rings. The fourth-order valence-corrected chi connectivity index (χ4v) is 2.84. The van der Waals surface area contributed by atoms with E-state index in [0.717, 1.165) is 38.6 Å². The third kappa shape index (κ3) is 4.94. The molecule has 0 heterocycles. The average molecular weight is 243 g/mol. The summed E-state index contributed by atoms with van der Waals surface area (Å²) in [6.07, 6.45) is 4.56. The van der Waals surface area contributed by atoms with Crippen molar-refractivity contribution in [2.75, 3.05) is 33.4 Å². The van der Waals surface area contributed by atoms with Crippen molar-refractivity contribution in [3.8, 4) is 0 Å². The van der Waals surface area contributed by atoms with Gasteiger partial charge in [0.05, 0.1) is 12.7 Å². The summed E-state index contributed by atoms with van der Waals surface area (Å²) in [7, 11) is 1.75. The largest absolute Gasteiger partial charge is 0.393 e. The van der Waals surface area contributed by atoms with Crippen molar-refractivity contribution in [3.63, 3.8) is 0 Å². The smallest absolute Gasteiger partial charge is 0.0589 e. The summed E-state index contributed by atoms with van der Waals surface area (Å²) in [6.45, 7) is 8.28. The minimum Gasteiger partial charge on any atom is -0.393 e. The van der Waals surface area contributed by atoms with Gasteiger partial charge in [0.1, 0.15) is 0 Å². The van der Waals surface area contributed by atoms with Crippen LogP contribution in [-0.4, -0.2) is 49.5 Å². The number of hydrogen-bond acceptors (Lipinski definition) is 3. The molecule has 0 aromatic rings. The molecule has 0 amide bonds. The summed E-state index contributed by atoms with van der Waals surface area (Å²) in [6, 6.07) is 0. The third-order valence-electron chi connectivity index (χ3n) is 4.18. The van der Waals surface area contributed by atoms with Gasteiger partial charge in [0.15, 0.2) is 0 Å². The van der Waals surface area contributed by atoms with Crippen LogP contribution >= 0.6 is 0 Å². The van der Waals surface area contributed by atoms with Crippen LogP contribution in [0.25, 0.3) is 0 Å². The van der Waals surface area contributed by atoms with Gasteiger partial charge in [-0.1, -0.05) is 20.3 Å². The van der Waals surface area contributed by atoms with Crippen molar-refractivity contribution < 1.29 is 9.84 Å². The summed E-state index contributed by atoms with van der Waals surface area (Å²) in [5, 5.41) is 10.1. The lowest BCUT2D eigenvalue weighted by Gasteiger charge is -2.36. The van der Waals surface area contributed by atoms with Crippen molar-refractivity contribution in [2.45, 2.75) is 45.6 Å². The zero-order valence-corrected chi connectivity index (χ0v) is 11.7. The number of ether oxygens (including phenoxy) is 1. The van der Waals surface area contributed by atoms with Crippen LogP contribution in [0.5, 0.6) is 0 Å². The maximum absolute atomic E-state index is 10.1. The van der Waals surface area contributed by atoms with Crippen molar-refractivity contribution >= 4 is 0 Å². The highest BCUT2D eigenvalue weighted by Gasteiger charge is 2.29. The summed E-state index contributed by atoms with van der Waals surface area (Å²) in [5.41, 5.74) is 0. The molecule has 17 heavy (non-hydrogen) atoms. The summed E-state index contributed by atoms with van der Waals surface area (Å²) in [5.74, 6) is 1.29. The Morgan fingerprint density at radius 1 is 1.29 bits per heavy atom. The molecule has 3 unspecified atom stereocenters. The van der Waals surface area contributed by atoms with Gasteiger partial charge in [-0.15, -0.1) is 0 Å². The number of rotatable bonds is 7. The number of aliphatic hydroxyl groups is 1. The first-order valence-corrected chi connectivity index (χ1v) is 7.10. The molecule has 0 radical (unpaired) electrons. The van der Waals surface area contributed by atoms with E-state index in [4.69, 9.17) is 4.74 Å². The van der Waals surface area contributed by atoms with E-state index in [2.05, 4.69) is 18.7 Å². The van der Waals surface area contributed by atoms with Gasteiger partial charge in [0.25, 0.3) is 0 Å². The molecule has 0 aromatic heterocycles. The molecular weight excluding hydrogens is 214 g/mol. The van der Waals surface area contributed by atoms with E-state index in [-0.39, 0.29) is 6.10 Å². The quantitative estimate of drug-likeness (QED) is 0.743. The highest BCUT2D eigenvalue weighted by Crippen LogP contribution is 2.31. The van der Waals surface area contributed by atoms with Gasteiger partial charge in [0.2, 0.25) is 0 Å². The fourth-order valence-electron chi connectivity index (χ4n) is 2.84. The van der Waals surface area contributed by atoms with Crippen LogP contribution in [0, 0.1) is 11.8 Å². The SMILES string of the molecule is CCC1CCC(O)C(CN(CC)CCOC)C1. The molecule has 0 spiro atoms. The van der Waals surface area contributed by atoms with Gasteiger partial charge >= 0.3 is 0 Å². The van der Waals surface area contributed by atoms with E-state index in [1.165, 1.54) is 19.3 Å². The molecule has 1 saturated carbocycles. The molecule has 102 valence electrons. The first-order valence-electron chi connectivity index (χ1n) is 7.10. The molecule has 1 N–H and O–H groups in total. The van der Waals surface area contributed by atoms with E-state index < -0.39 is 0 Å². The van der Waals surface area contributed by atoms with Crippen LogP contribution in [0.2, 0.25) is 0 Å². The van der Waals surface area contributed by atoms with E-state index >= 15 is 0 Å². The average Bonchev–Trinajstić information content (AvgIpc) is 2.36. The molecule has 1 rings (SSSR count). The molecule has 1 aliphatic carbocycles. The maximum Gasteiger partial charge on any atom is 0.0589 e. The van der Waals surface area contributed by atoms with Gasteiger partial charge in [-0.05, 0) is 37.6 Å². The van der Waals surface area contributed by atoms with Gasteiger partial charge in [-0.3, -0.25) is 0 Å². The standard InChI is InChI=1S/C14H29NO2/c1-4-12-6-7-14(16)13(10-12)11-15(5-2)8-9-17-3/h12-14,16H,4-11H2,1-3H3. The summed E-state index contributed by atoms with van der Waals surface area (Å²) >= 11 is 0. The van der Waals surface area contributed by atoms with Crippen molar-refractivity contribution in [1.82, 2.24) is 4.90 Å². The molecule has 0 saturated heterocycles. The lowest BCUT2D eigenvalue weighted by Crippen LogP contribution is -2.40. The molecule has 0 aromatic carbocycles. The fraction of sp³-hybridized carbons (Fsp3) is 1.00. The monoisotopic (exact) mass is 243 g/mol. The zero-order valence-electron chi connectivity index (χ0n) is 11.7. The first kappa shape index (κ1) is 14.9. The van der Waals surface area contributed by atoms with Crippen LogP contribution in [0.4, 0.5) is 0 Å². The Morgan fingerprint density at radius 3 is 2.65 bits per heavy atom. The Hall–Kier alpha value is -0.120. The second-order valence-electron chi connectivity index (χ2n) is 5.30. The van der Waals surface area contributed by atoms with E-state index in [0.29, 0.717) is 5.92 Å². The molecular formula is C14H29NO2. The van der Waals surface area contributed by atoms with Gasteiger partial charge in [0, 0.05) is 20.2 Å². The van der Waals surface area contributed by atoms with Gasteiger partial charge < -0.3 is 14.7 Å². The molecule has 3 atom stereocenters. The van der Waals surface area contributed by atoms with E-state index in [9.17, 15) is 5.11 Å². The normalized spacial score (nSPS) is 29.8. The van der Waals surface area contributed by atoms with E-state index in [1.807, 2.05) is 0 Å². The summed E-state index contributed by atoms with van der Waals surface area (Å²) < 4.78 is 5.13. The zero-order chi connectivity index (χ0) is 12.7. The molecule has 1 aliphatic rings. The van der Waals surface area contributed by atoms with E-state index in [1.54, 1.807) is 7.11 Å². The highest BCUT2D eigenvalue weighted by atomic mass is 16.5. The van der Waals surface area contributed by atoms with Crippen molar-refractivity contribution in [2.24, 2.45) is 11.8 Å². The van der Waals surface area contributed by atoms with Crippen LogP contribution in [0.3, 0.4) is 0 Å². The number of nitrogens with zero attached hydrogens (tertiary/aromatic N) is 1. The van der Waals surface area contributed by atoms with Gasteiger partial charge in [-0.25, -0.2) is 0 Å². The molecule has 3 heteroatoms.